The van der Waals surface area contributed by atoms with Crippen molar-refractivity contribution in [3.63, 3.8) is 0 Å². The van der Waals surface area contributed by atoms with Crippen molar-refractivity contribution >= 4 is 22.6 Å². The van der Waals surface area contributed by atoms with Gasteiger partial charge in [0.1, 0.15) is 23.5 Å². The van der Waals surface area contributed by atoms with Crippen LogP contribution in [0.1, 0.15) is 39.5 Å². The van der Waals surface area contributed by atoms with Crippen molar-refractivity contribution in [2.45, 2.75) is 25.2 Å². The second kappa shape index (κ2) is 6.37. The molecule has 7 heteroatoms. The van der Waals surface area contributed by atoms with E-state index in [1.807, 2.05) is 48.9 Å². The third kappa shape index (κ3) is 2.58. The SMILES string of the molecule is CNC(=O)c1cc2c(nc(C)n2C)c2c1[C@@H](O)[C@@H](O)[C@@H](c1ccccc1)N2. The van der Waals surface area contributed by atoms with Crippen molar-refractivity contribution < 1.29 is 15.0 Å². The molecule has 0 fully saturated rings. The number of carbonyl (C=O) groups excluding carboxylic acids is 1. The van der Waals surface area contributed by atoms with Crippen LogP contribution in [0.25, 0.3) is 11.0 Å². The number of imidazole rings is 1. The van der Waals surface area contributed by atoms with Crippen LogP contribution >= 0.6 is 0 Å². The highest BCUT2D eigenvalue weighted by molar-refractivity contribution is 6.04. The van der Waals surface area contributed by atoms with Crippen molar-refractivity contribution in [2.75, 3.05) is 12.4 Å². The van der Waals surface area contributed by atoms with Gasteiger partial charge in [0.05, 0.1) is 17.2 Å². The fraction of sp³-hybridized carbons (Fsp3) is 0.300. The van der Waals surface area contributed by atoms with E-state index in [2.05, 4.69) is 15.6 Å². The maximum Gasteiger partial charge on any atom is 0.251 e. The molecule has 1 aliphatic rings. The minimum atomic E-state index is -1.22. The molecule has 2 heterocycles. The van der Waals surface area contributed by atoms with E-state index >= 15 is 0 Å². The van der Waals surface area contributed by atoms with Gasteiger partial charge in [-0.1, -0.05) is 30.3 Å². The molecule has 0 radical (unpaired) electrons. The van der Waals surface area contributed by atoms with Crippen LogP contribution in [0.3, 0.4) is 0 Å². The Bertz CT molecular complexity index is 1030. The lowest BCUT2D eigenvalue weighted by Crippen LogP contribution is -2.38. The highest BCUT2D eigenvalue weighted by Crippen LogP contribution is 2.44. The van der Waals surface area contributed by atoms with Crippen LogP contribution < -0.4 is 10.6 Å². The molecule has 0 unspecified atom stereocenters. The molecule has 4 N–H and O–H groups in total. The molecule has 0 saturated carbocycles. The third-order valence-corrected chi connectivity index (χ3v) is 5.33. The second-order valence-corrected chi connectivity index (χ2v) is 6.85. The third-order valence-electron chi connectivity index (χ3n) is 5.33. The number of hydrogen-bond donors (Lipinski definition) is 4. The zero-order valence-electron chi connectivity index (χ0n) is 15.4. The summed E-state index contributed by atoms with van der Waals surface area (Å²) < 4.78 is 1.90. The molecular formula is C20H22N4O3. The fourth-order valence-electron chi connectivity index (χ4n) is 3.76. The van der Waals surface area contributed by atoms with Crippen LogP contribution in [-0.2, 0) is 7.05 Å². The van der Waals surface area contributed by atoms with E-state index in [0.29, 0.717) is 22.3 Å². The number of fused-ring (bicyclic) bond motifs is 3. The monoisotopic (exact) mass is 366 g/mol. The van der Waals surface area contributed by atoms with Gasteiger partial charge in [-0.15, -0.1) is 0 Å². The Morgan fingerprint density at radius 3 is 2.63 bits per heavy atom. The van der Waals surface area contributed by atoms with Crippen molar-refractivity contribution in [1.82, 2.24) is 14.9 Å². The molecule has 2 aromatic carbocycles. The van der Waals surface area contributed by atoms with Gasteiger partial charge in [-0.3, -0.25) is 4.79 Å². The molecule has 27 heavy (non-hydrogen) atoms. The van der Waals surface area contributed by atoms with Crippen molar-refractivity contribution in [1.29, 1.82) is 0 Å². The van der Waals surface area contributed by atoms with E-state index in [9.17, 15) is 15.0 Å². The Labute approximate surface area is 156 Å². The van der Waals surface area contributed by atoms with Crippen molar-refractivity contribution in [3.05, 3.63) is 58.9 Å². The Kier molecular flexibility index (Phi) is 4.13. The number of aryl methyl sites for hydroxylation is 2. The average molecular weight is 366 g/mol. The number of nitrogens with one attached hydrogen (secondary N) is 2. The molecule has 1 aromatic heterocycles. The summed E-state index contributed by atoms with van der Waals surface area (Å²) in [5.74, 6) is 0.471. The number of amides is 1. The number of nitrogens with zero attached hydrogens (tertiary/aromatic N) is 2. The van der Waals surface area contributed by atoms with Gasteiger partial charge in [0.15, 0.2) is 0 Å². The number of carbonyl (C=O) groups is 1. The number of anilines is 1. The maximum atomic E-state index is 12.5. The minimum absolute atomic E-state index is 0.321. The van der Waals surface area contributed by atoms with Crippen LogP contribution in [-0.4, -0.2) is 38.8 Å². The topological polar surface area (TPSA) is 99.4 Å². The first-order chi connectivity index (χ1) is 12.9. The van der Waals surface area contributed by atoms with E-state index in [-0.39, 0.29) is 5.91 Å². The van der Waals surface area contributed by atoms with Gasteiger partial charge in [-0.25, -0.2) is 4.98 Å². The predicted molar refractivity (Wildman–Crippen MR) is 103 cm³/mol. The average Bonchev–Trinajstić information content (AvgIpc) is 2.98. The summed E-state index contributed by atoms with van der Waals surface area (Å²) in [4.78, 5) is 17.1. The molecule has 0 aliphatic carbocycles. The van der Waals surface area contributed by atoms with Gasteiger partial charge in [0, 0.05) is 25.2 Å². The maximum absolute atomic E-state index is 12.5. The van der Waals surface area contributed by atoms with Gasteiger partial charge in [-0.05, 0) is 18.6 Å². The summed E-state index contributed by atoms with van der Waals surface area (Å²) in [6, 6.07) is 10.6. The Morgan fingerprint density at radius 1 is 1.26 bits per heavy atom. The highest BCUT2D eigenvalue weighted by atomic mass is 16.3. The summed E-state index contributed by atoms with van der Waals surface area (Å²) >= 11 is 0. The van der Waals surface area contributed by atoms with Gasteiger partial charge < -0.3 is 25.4 Å². The predicted octanol–water partition coefficient (Wildman–Crippen LogP) is 1.80. The molecule has 140 valence electrons. The second-order valence-electron chi connectivity index (χ2n) is 6.85. The number of rotatable bonds is 2. The molecule has 0 spiro atoms. The quantitative estimate of drug-likeness (QED) is 0.554. The van der Waals surface area contributed by atoms with Crippen molar-refractivity contribution in [2.24, 2.45) is 7.05 Å². The summed E-state index contributed by atoms with van der Waals surface area (Å²) in [5, 5.41) is 27.6. The normalized spacial score (nSPS) is 21.6. The van der Waals surface area contributed by atoms with Crippen LogP contribution in [0.5, 0.6) is 0 Å². The molecule has 1 amide bonds. The van der Waals surface area contributed by atoms with Crippen LogP contribution in [0.15, 0.2) is 36.4 Å². The lowest BCUT2D eigenvalue weighted by Gasteiger charge is -2.36. The van der Waals surface area contributed by atoms with Crippen LogP contribution in [0.4, 0.5) is 5.69 Å². The lowest BCUT2D eigenvalue weighted by molar-refractivity contribution is 0.00162. The smallest absolute Gasteiger partial charge is 0.251 e. The van der Waals surface area contributed by atoms with E-state index < -0.39 is 18.2 Å². The number of hydrogen-bond acceptors (Lipinski definition) is 5. The lowest BCUT2D eigenvalue weighted by atomic mass is 9.85. The number of aliphatic hydroxyl groups excluding tert-OH is 2. The van der Waals surface area contributed by atoms with E-state index in [1.165, 1.54) is 0 Å². The zero-order chi connectivity index (χ0) is 19.3. The number of benzene rings is 2. The fourth-order valence-corrected chi connectivity index (χ4v) is 3.76. The first-order valence-corrected chi connectivity index (χ1v) is 8.83. The van der Waals surface area contributed by atoms with Gasteiger partial charge in [0.2, 0.25) is 0 Å². The molecule has 1 aliphatic heterocycles. The number of aromatic nitrogens is 2. The van der Waals surface area contributed by atoms with Crippen LogP contribution in [0.2, 0.25) is 0 Å². The van der Waals surface area contributed by atoms with Gasteiger partial charge >= 0.3 is 0 Å². The molecular weight excluding hydrogens is 344 g/mol. The summed E-state index contributed by atoms with van der Waals surface area (Å²) in [6.07, 6.45) is -2.32. The van der Waals surface area contributed by atoms with E-state index in [0.717, 1.165) is 16.9 Å². The van der Waals surface area contributed by atoms with E-state index in [1.54, 1.807) is 13.1 Å². The number of aliphatic hydroxyl groups is 2. The minimum Gasteiger partial charge on any atom is -0.388 e. The molecule has 4 rings (SSSR count). The Hall–Kier alpha value is -2.90. The largest absolute Gasteiger partial charge is 0.388 e. The summed E-state index contributed by atoms with van der Waals surface area (Å²) in [6.45, 7) is 1.88. The Morgan fingerprint density at radius 2 is 1.96 bits per heavy atom. The zero-order valence-corrected chi connectivity index (χ0v) is 15.4. The summed E-state index contributed by atoms with van der Waals surface area (Å²) in [7, 11) is 3.42. The standard InChI is InChI=1S/C20H22N4O3/c1-10-22-16-13(24(10)3)9-12(20(27)21-2)14-17(16)23-15(19(26)18(14)25)11-7-5-4-6-8-11/h4-9,15,18-19,23,25-26H,1-3H3,(H,21,27)/t15-,18-,19+/m1/s1. The van der Waals surface area contributed by atoms with E-state index in [4.69, 9.17) is 0 Å². The first-order valence-electron chi connectivity index (χ1n) is 8.83. The first kappa shape index (κ1) is 17.5. The Balaban J connectivity index is 1.99. The molecule has 3 atom stereocenters. The van der Waals surface area contributed by atoms with Crippen molar-refractivity contribution in [3.8, 4) is 0 Å². The summed E-state index contributed by atoms with van der Waals surface area (Å²) in [5.41, 5.74) is 3.59. The highest BCUT2D eigenvalue weighted by Gasteiger charge is 2.39. The molecule has 0 bridgehead atoms. The molecule has 7 nitrogen and oxygen atoms in total. The van der Waals surface area contributed by atoms with Gasteiger partial charge in [-0.2, -0.15) is 0 Å². The molecule has 3 aromatic rings. The molecule has 0 saturated heterocycles. The van der Waals surface area contributed by atoms with Gasteiger partial charge in [0.25, 0.3) is 5.91 Å². The van der Waals surface area contributed by atoms with Crippen LogP contribution in [0, 0.1) is 6.92 Å².